The molecule has 0 saturated carbocycles. The number of carbonyl (C=O) groups is 2. The number of carbonyl (C=O) groups excluding carboxylic acids is 1. The number of hydrogen-bond donors (Lipinski definition) is 2. The highest BCUT2D eigenvalue weighted by atomic mass is 16.4. The molecule has 5 nitrogen and oxygen atoms in total. The lowest BCUT2D eigenvalue weighted by Gasteiger charge is -2.26. The van der Waals surface area contributed by atoms with Crippen LogP contribution in [-0.4, -0.2) is 34.6 Å². The molecule has 20 heavy (non-hydrogen) atoms. The molecule has 0 aliphatic rings. The molecule has 0 aliphatic carbocycles. The minimum Gasteiger partial charge on any atom is -0.478 e. The number of aryl methyl sites for hydroxylation is 1. The highest BCUT2D eigenvalue weighted by Gasteiger charge is 2.19. The fraction of sp³-hybridized carbons (Fsp3) is 0.333. The maximum Gasteiger partial charge on any atom is 0.338 e. The van der Waals surface area contributed by atoms with Crippen LogP contribution in [0.1, 0.15) is 29.8 Å². The Hall–Kier alpha value is -2.30. The molecular formula is C15H20N2O3. The van der Waals surface area contributed by atoms with Crippen molar-refractivity contribution in [1.29, 1.82) is 0 Å². The van der Waals surface area contributed by atoms with Crippen LogP contribution in [0.2, 0.25) is 0 Å². The van der Waals surface area contributed by atoms with E-state index in [1.807, 2.05) is 13.8 Å². The molecule has 0 bridgehead atoms. The molecule has 0 radical (unpaired) electrons. The molecule has 2 amide bonds. The number of rotatable bonds is 5. The number of amides is 2. The Morgan fingerprint density at radius 1 is 1.45 bits per heavy atom. The van der Waals surface area contributed by atoms with Crippen molar-refractivity contribution in [3.05, 3.63) is 42.0 Å². The quantitative estimate of drug-likeness (QED) is 0.812. The molecule has 1 rings (SSSR count). The van der Waals surface area contributed by atoms with Gasteiger partial charge in [-0.25, -0.2) is 9.59 Å². The molecule has 0 saturated heterocycles. The number of urea groups is 1. The largest absolute Gasteiger partial charge is 0.478 e. The van der Waals surface area contributed by atoms with Crippen molar-refractivity contribution in [3.8, 4) is 0 Å². The highest BCUT2D eigenvalue weighted by Crippen LogP contribution is 2.20. The van der Waals surface area contributed by atoms with Gasteiger partial charge in [0.25, 0.3) is 0 Å². The van der Waals surface area contributed by atoms with E-state index in [9.17, 15) is 14.7 Å². The van der Waals surface area contributed by atoms with Crippen molar-refractivity contribution in [2.45, 2.75) is 26.8 Å². The fourth-order valence-corrected chi connectivity index (χ4v) is 1.91. The van der Waals surface area contributed by atoms with Crippen LogP contribution in [-0.2, 0) is 0 Å². The average Bonchev–Trinajstić information content (AvgIpc) is 2.34. The third-order valence-corrected chi connectivity index (χ3v) is 2.94. The first-order valence-corrected chi connectivity index (χ1v) is 6.40. The topological polar surface area (TPSA) is 69.6 Å². The van der Waals surface area contributed by atoms with Gasteiger partial charge in [-0.15, -0.1) is 6.58 Å². The first-order chi connectivity index (χ1) is 9.38. The van der Waals surface area contributed by atoms with Crippen LogP contribution in [0.25, 0.3) is 0 Å². The van der Waals surface area contributed by atoms with Crippen molar-refractivity contribution >= 4 is 17.7 Å². The average molecular weight is 276 g/mol. The second-order valence-electron chi connectivity index (χ2n) is 4.77. The second kappa shape index (κ2) is 6.75. The van der Waals surface area contributed by atoms with Crippen molar-refractivity contribution < 1.29 is 14.7 Å². The Kier molecular flexibility index (Phi) is 5.32. The van der Waals surface area contributed by atoms with E-state index in [-0.39, 0.29) is 17.6 Å². The van der Waals surface area contributed by atoms with Gasteiger partial charge in [-0.3, -0.25) is 0 Å². The molecule has 0 aromatic heterocycles. The molecule has 0 atom stereocenters. The molecule has 1 aromatic rings. The minimum atomic E-state index is -1.06. The summed E-state index contributed by atoms with van der Waals surface area (Å²) in [5.74, 6) is -1.06. The van der Waals surface area contributed by atoms with Crippen molar-refractivity contribution in [1.82, 2.24) is 4.90 Å². The Labute approximate surface area is 118 Å². The monoisotopic (exact) mass is 276 g/mol. The molecule has 5 heteroatoms. The van der Waals surface area contributed by atoms with Crippen LogP contribution in [0.4, 0.5) is 10.5 Å². The van der Waals surface area contributed by atoms with Crippen LogP contribution < -0.4 is 5.32 Å². The molecular weight excluding hydrogens is 256 g/mol. The van der Waals surface area contributed by atoms with Gasteiger partial charge in [0, 0.05) is 12.6 Å². The van der Waals surface area contributed by atoms with Gasteiger partial charge in [0.2, 0.25) is 0 Å². The molecule has 2 N–H and O–H groups in total. The van der Waals surface area contributed by atoms with E-state index < -0.39 is 5.97 Å². The van der Waals surface area contributed by atoms with Crippen molar-refractivity contribution in [3.63, 3.8) is 0 Å². The molecule has 0 heterocycles. The number of aromatic carboxylic acids is 1. The third-order valence-electron chi connectivity index (χ3n) is 2.94. The van der Waals surface area contributed by atoms with Crippen LogP contribution >= 0.6 is 0 Å². The summed E-state index contributed by atoms with van der Waals surface area (Å²) < 4.78 is 0. The van der Waals surface area contributed by atoms with Crippen LogP contribution in [0.5, 0.6) is 0 Å². The number of nitrogens with zero attached hydrogens (tertiary/aromatic N) is 1. The lowest BCUT2D eigenvalue weighted by Crippen LogP contribution is -2.40. The second-order valence-corrected chi connectivity index (χ2v) is 4.77. The summed E-state index contributed by atoms with van der Waals surface area (Å²) in [5.41, 5.74) is 1.02. The molecule has 0 fully saturated rings. The van der Waals surface area contributed by atoms with Gasteiger partial charge in [0.05, 0.1) is 11.3 Å². The van der Waals surface area contributed by atoms with Gasteiger partial charge in [-0.1, -0.05) is 18.2 Å². The Bertz CT molecular complexity index is 524. The molecule has 0 aliphatic heterocycles. The van der Waals surface area contributed by atoms with E-state index in [2.05, 4.69) is 11.9 Å². The maximum absolute atomic E-state index is 12.2. The summed E-state index contributed by atoms with van der Waals surface area (Å²) >= 11 is 0. The van der Waals surface area contributed by atoms with Crippen molar-refractivity contribution in [2.24, 2.45) is 0 Å². The van der Waals surface area contributed by atoms with Gasteiger partial charge in [-0.05, 0) is 32.4 Å². The maximum atomic E-state index is 12.2. The number of hydrogen-bond acceptors (Lipinski definition) is 2. The summed E-state index contributed by atoms with van der Waals surface area (Å²) in [7, 11) is 0. The molecule has 0 spiro atoms. The van der Waals surface area contributed by atoms with E-state index in [1.165, 1.54) is 0 Å². The lowest BCUT2D eigenvalue weighted by atomic mass is 10.1. The van der Waals surface area contributed by atoms with E-state index in [4.69, 9.17) is 0 Å². The van der Waals surface area contributed by atoms with Gasteiger partial charge >= 0.3 is 12.0 Å². The lowest BCUT2D eigenvalue weighted by molar-refractivity contribution is 0.0697. The minimum absolute atomic E-state index is 0.00825. The number of carboxylic acid groups (broad SMARTS) is 1. The molecule has 1 aromatic carbocycles. The van der Waals surface area contributed by atoms with Crippen LogP contribution in [0.3, 0.4) is 0 Å². The Balaban J connectivity index is 3.04. The summed E-state index contributed by atoms with van der Waals surface area (Å²) in [6, 6.07) is 4.65. The zero-order valence-corrected chi connectivity index (χ0v) is 12.0. The summed E-state index contributed by atoms with van der Waals surface area (Å²) in [6.45, 7) is 9.49. The van der Waals surface area contributed by atoms with Gasteiger partial charge in [0.15, 0.2) is 0 Å². The predicted molar refractivity (Wildman–Crippen MR) is 79.2 cm³/mol. The highest BCUT2D eigenvalue weighted by molar-refractivity contribution is 6.01. The van der Waals surface area contributed by atoms with Crippen LogP contribution in [0, 0.1) is 6.92 Å². The zero-order chi connectivity index (χ0) is 15.3. The standard InChI is InChI=1S/C15H20N2O3/c1-5-9-17(10(2)3)15(20)16-12-8-6-7-11(4)13(12)14(18)19/h5-8,10H,1,9H2,2-4H3,(H,16,20)(H,18,19). The van der Waals surface area contributed by atoms with E-state index in [0.29, 0.717) is 17.8 Å². The normalized spacial score (nSPS) is 10.2. The first kappa shape index (κ1) is 15.8. The SMILES string of the molecule is C=CCN(C(=O)Nc1cccc(C)c1C(=O)O)C(C)C. The predicted octanol–water partition coefficient (Wildman–Crippen LogP) is 3.12. The number of nitrogens with one attached hydrogen (secondary N) is 1. The van der Waals surface area contributed by atoms with Gasteiger partial charge in [0.1, 0.15) is 0 Å². The Morgan fingerprint density at radius 3 is 2.60 bits per heavy atom. The number of carboxylic acids is 1. The Morgan fingerprint density at radius 2 is 2.10 bits per heavy atom. The van der Waals surface area contributed by atoms with Crippen LogP contribution in [0.15, 0.2) is 30.9 Å². The third kappa shape index (κ3) is 3.60. The van der Waals surface area contributed by atoms with Crippen molar-refractivity contribution in [2.75, 3.05) is 11.9 Å². The number of anilines is 1. The van der Waals surface area contributed by atoms with E-state index in [0.717, 1.165) is 0 Å². The van der Waals surface area contributed by atoms with E-state index in [1.54, 1.807) is 36.1 Å². The molecule has 108 valence electrons. The number of benzene rings is 1. The summed E-state index contributed by atoms with van der Waals surface area (Å²) in [4.78, 5) is 25.0. The zero-order valence-electron chi connectivity index (χ0n) is 12.0. The van der Waals surface area contributed by atoms with Gasteiger partial charge in [-0.2, -0.15) is 0 Å². The van der Waals surface area contributed by atoms with E-state index >= 15 is 0 Å². The summed E-state index contributed by atoms with van der Waals surface area (Å²) in [6.07, 6.45) is 1.63. The summed E-state index contributed by atoms with van der Waals surface area (Å²) in [5, 5.41) is 11.9. The smallest absolute Gasteiger partial charge is 0.338 e. The first-order valence-electron chi connectivity index (χ1n) is 6.40. The fourth-order valence-electron chi connectivity index (χ4n) is 1.91. The van der Waals surface area contributed by atoms with Gasteiger partial charge < -0.3 is 15.3 Å². The molecule has 0 unspecified atom stereocenters.